The van der Waals surface area contributed by atoms with E-state index in [0.717, 1.165) is 43.8 Å². The monoisotopic (exact) mass is 309 g/mol. The number of benzene rings is 1. The first-order valence-electron chi connectivity index (χ1n) is 7.34. The third kappa shape index (κ3) is 4.61. The summed E-state index contributed by atoms with van der Waals surface area (Å²) in [4.78, 5) is 6.88. The van der Waals surface area contributed by atoms with Crippen LogP contribution >= 0.6 is 11.6 Å². The van der Waals surface area contributed by atoms with Crippen LogP contribution in [0.4, 0.5) is 0 Å². The van der Waals surface area contributed by atoms with Gasteiger partial charge in [0.2, 0.25) is 0 Å². The number of hydrogen-bond acceptors (Lipinski definition) is 2. The second-order valence-electron chi connectivity index (χ2n) is 5.96. The predicted octanol–water partition coefficient (Wildman–Crippen LogP) is 2.77. The molecule has 0 bridgehead atoms. The topological polar surface area (TPSA) is 36.9 Å². The van der Waals surface area contributed by atoms with Crippen LogP contribution in [0.1, 0.15) is 19.4 Å². The summed E-state index contributed by atoms with van der Waals surface area (Å²) in [5.41, 5.74) is 1.41. The van der Waals surface area contributed by atoms with E-state index < -0.39 is 0 Å². The molecule has 1 heterocycles. The lowest BCUT2D eigenvalue weighted by Crippen LogP contribution is -2.44. The van der Waals surface area contributed by atoms with Crippen LogP contribution in [0.3, 0.4) is 0 Å². The minimum Gasteiger partial charge on any atom is -0.380 e. The number of ether oxygens (including phenoxy) is 1. The molecule has 0 radical (unpaired) electrons. The summed E-state index contributed by atoms with van der Waals surface area (Å²) in [7, 11) is 2.05. The van der Waals surface area contributed by atoms with Crippen molar-refractivity contribution in [1.29, 1.82) is 0 Å². The standard InChI is InChI=1S/C16H24ClN3O/c1-4-18-15(19-10-16(2)11-21-12-16)20(3)9-13-5-7-14(17)8-6-13/h5-8H,4,9-12H2,1-3H3,(H,18,19). The molecule has 1 aromatic rings. The van der Waals surface area contributed by atoms with Crippen molar-refractivity contribution in [3.63, 3.8) is 0 Å². The SMILES string of the molecule is CCNC(=NCC1(C)COC1)N(C)Cc1ccc(Cl)cc1. The third-order valence-corrected chi connectivity index (χ3v) is 3.79. The fourth-order valence-corrected chi connectivity index (χ4v) is 2.34. The van der Waals surface area contributed by atoms with E-state index in [1.807, 2.05) is 24.3 Å². The Morgan fingerprint density at radius 2 is 2.05 bits per heavy atom. The summed E-state index contributed by atoms with van der Waals surface area (Å²) < 4.78 is 5.28. The van der Waals surface area contributed by atoms with E-state index >= 15 is 0 Å². The molecule has 1 saturated heterocycles. The molecule has 0 aromatic heterocycles. The highest BCUT2D eigenvalue weighted by atomic mass is 35.5. The summed E-state index contributed by atoms with van der Waals surface area (Å²) in [6.07, 6.45) is 0. The Kier molecular flexibility index (Phi) is 5.48. The van der Waals surface area contributed by atoms with Crippen LogP contribution in [0.5, 0.6) is 0 Å². The summed E-state index contributed by atoms with van der Waals surface area (Å²) in [5.74, 6) is 0.931. The van der Waals surface area contributed by atoms with E-state index in [1.54, 1.807) is 0 Å². The van der Waals surface area contributed by atoms with Crippen LogP contribution in [0, 0.1) is 5.41 Å². The number of halogens is 1. The molecule has 1 fully saturated rings. The highest BCUT2D eigenvalue weighted by molar-refractivity contribution is 6.30. The maximum Gasteiger partial charge on any atom is 0.193 e. The van der Waals surface area contributed by atoms with Gasteiger partial charge < -0.3 is 15.0 Å². The molecule has 1 aliphatic heterocycles. The zero-order valence-electron chi connectivity index (χ0n) is 13.0. The Balaban J connectivity index is 1.98. The Bertz CT molecular complexity index is 483. The van der Waals surface area contributed by atoms with E-state index in [1.165, 1.54) is 5.56 Å². The van der Waals surface area contributed by atoms with E-state index in [-0.39, 0.29) is 5.41 Å². The van der Waals surface area contributed by atoms with Gasteiger partial charge in [-0.05, 0) is 24.6 Å². The Morgan fingerprint density at radius 1 is 1.38 bits per heavy atom. The van der Waals surface area contributed by atoms with Crippen molar-refractivity contribution in [2.75, 3.05) is 33.4 Å². The normalized spacial score (nSPS) is 17.2. The predicted molar refractivity (Wildman–Crippen MR) is 87.8 cm³/mol. The van der Waals surface area contributed by atoms with Gasteiger partial charge in [-0.15, -0.1) is 0 Å². The molecule has 0 atom stereocenters. The largest absolute Gasteiger partial charge is 0.380 e. The van der Waals surface area contributed by atoms with Gasteiger partial charge in [-0.2, -0.15) is 0 Å². The lowest BCUT2D eigenvalue weighted by atomic mass is 9.89. The third-order valence-electron chi connectivity index (χ3n) is 3.54. The molecule has 0 spiro atoms. The van der Waals surface area contributed by atoms with Gasteiger partial charge in [-0.25, -0.2) is 0 Å². The molecule has 0 aliphatic carbocycles. The molecule has 1 N–H and O–H groups in total. The molecule has 2 rings (SSSR count). The first kappa shape index (κ1) is 16.1. The second kappa shape index (κ2) is 7.14. The van der Waals surface area contributed by atoms with E-state index in [2.05, 4.69) is 31.1 Å². The first-order valence-corrected chi connectivity index (χ1v) is 7.72. The summed E-state index contributed by atoms with van der Waals surface area (Å²) in [5, 5.41) is 4.11. The molecule has 1 aromatic carbocycles. The Morgan fingerprint density at radius 3 is 2.57 bits per heavy atom. The minimum atomic E-state index is 0.196. The van der Waals surface area contributed by atoms with Crippen LogP contribution in [0.15, 0.2) is 29.3 Å². The first-order chi connectivity index (χ1) is 10.0. The molecular weight excluding hydrogens is 286 g/mol. The smallest absolute Gasteiger partial charge is 0.193 e. The zero-order chi connectivity index (χ0) is 15.3. The van der Waals surface area contributed by atoms with E-state index in [9.17, 15) is 0 Å². The van der Waals surface area contributed by atoms with Crippen LogP contribution in [0.25, 0.3) is 0 Å². The van der Waals surface area contributed by atoms with Crippen molar-refractivity contribution in [2.24, 2.45) is 10.4 Å². The van der Waals surface area contributed by atoms with E-state index in [0.29, 0.717) is 0 Å². The molecule has 21 heavy (non-hydrogen) atoms. The summed E-state index contributed by atoms with van der Waals surface area (Å²) >= 11 is 5.92. The van der Waals surface area contributed by atoms with Gasteiger partial charge in [0, 0.05) is 30.6 Å². The van der Waals surface area contributed by atoms with Gasteiger partial charge >= 0.3 is 0 Å². The zero-order valence-corrected chi connectivity index (χ0v) is 13.8. The molecule has 4 nitrogen and oxygen atoms in total. The number of aliphatic imine (C=N–C) groups is 1. The van der Waals surface area contributed by atoms with Crippen LogP contribution in [0.2, 0.25) is 5.02 Å². The molecule has 1 aliphatic rings. The van der Waals surface area contributed by atoms with Gasteiger partial charge in [-0.3, -0.25) is 4.99 Å². The Hall–Kier alpha value is -1.26. The van der Waals surface area contributed by atoms with E-state index in [4.69, 9.17) is 21.3 Å². The molecule has 0 amide bonds. The molecule has 0 saturated carbocycles. The highest BCUT2D eigenvalue weighted by Gasteiger charge is 2.33. The highest BCUT2D eigenvalue weighted by Crippen LogP contribution is 2.26. The van der Waals surface area contributed by atoms with Crippen molar-refractivity contribution < 1.29 is 4.74 Å². The van der Waals surface area contributed by atoms with Crippen molar-refractivity contribution in [2.45, 2.75) is 20.4 Å². The average molecular weight is 310 g/mol. The van der Waals surface area contributed by atoms with Crippen molar-refractivity contribution in [3.05, 3.63) is 34.9 Å². The van der Waals surface area contributed by atoms with Crippen molar-refractivity contribution in [3.8, 4) is 0 Å². The second-order valence-corrected chi connectivity index (χ2v) is 6.39. The molecule has 0 unspecified atom stereocenters. The number of nitrogens with one attached hydrogen (secondary N) is 1. The fourth-order valence-electron chi connectivity index (χ4n) is 2.22. The number of nitrogens with zero attached hydrogens (tertiary/aromatic N) is 2. The number of hydrogen-bond donors (Lipinski definition) is 1. The van der Waals surface area contributed by atoms with Gasteiger partial charge in [0.05, 0.1) is 19.8 Å². The maximum atomic E-state index is 5.92. The molecular formula is C16H24ClN3O. The van der Waals surface area contributed by atoms with Gasteiger partial charge in [0.15, 0.2) is 5.96 Å². The van der Waals surface area contributed by atoms with Gasteiger partial charge in [0.1, 0.15) is 0 Å². The number of rotatable bonds is 5. The molecule has 5 heteroatoms. The summed E-state index contributed by atoms with van der Waals surface area (Å²) in [6, 6.07) is 7.93. The Labute approximate surface area is 132 Å². The minimum absolute atomic E-state index is 0.196. The quantitative estimate of drug-likeness (QED) is 0.671. The van der Waals surface area contributed by atoms with Crippen LogP contribution in [-0.2, 0) is 11.3 Å². The lowest BCUT2D eigenvalue weighted by molar-refractivity contribution is -0.0946. The van der Waals surface area contributed by atoms with Crippen LogP contribution in [-0.4, -0.2) is 44.2 Å². The van der Waals surface area contributed by atoms with Crippen molar-refractivity contribution >= 4 is 17.6 Å². The number of guanidine groups is 1. The van der Waals surface area contributed by atoms with Crippen LogP contribution < -0.4 is 5.32 Å². The maximum absolute atomic E-state index is 5.92. The fraction of sp³-hybridized carbons (Fsp3) is 0.562. The van der Waals surface area contributed by atoms with Gasteiger partial charge in [-0.1, -0.05) is 30.7 Å². The average Bonchev–Trinajstić information content (AvgIpc) is 2.43. The molecule has 116 valence electrons. The van der Waals surface area contributed by atoms with Gasteiger partial charge in [0.25, 0.3) is 0 Å². The summed E-state index contributed by atoms with van der Waals surface area (Å²) in [6.45, 7) is 8.35. The van der Waals surface area contributed by atoms with Crippen molar-refractivity contribution in [1.82, 2.24) is 10.2 Å². The lowest BCUT2D eigenvalue weighted by Gasteiger charge is -2.37.